The number of aromatic nitrogens is 1. The summed E-state index contributed by atoms with van der Waals surface area (Å²) in [5.41, 5.74) is 6.60. The van der Waals surface area contributed by atoms with Crippen molar-refractivity contribution in [3.05, 3.63) is 64.7 Å². The van der Waals surface area contributed by atoms with Crippen LogP contribution in [0.3, 0.4) is 0 Å². The minimum absolute atomic E-state index is 0. The minimum Gasteiger partial charge on any atom is -0.293 e. The smallest absolute Gasteiger partial charge is 0.0407 e. The van der Waals surface area contributed by atoms with Crippen LogP contribution in [-0.2, 0) is 25.5 Å². The number of hydrogen-bond acceptors (Lipinski definition) is 2. The predicted molar refractivity (Wildman–Crippen MR) is 88.7 cm³/mol. The summed E-state index contributed by atoms with van der Waals surface area (Å²) >= 11 is 1.74. The fraction of sp³-hybridized carbons (Fsp3) is 0.211. The molecule has 1 heterocycles. The molecule has 0 unspecified atom stereocenters. The fourth-order valence-electron chi connectivity index (χ4n) is 3.41. The molecule has 1 aliphatic rings. The molecule has 113 valence electrons. The molecule has 0 saturated carbocycles. The number of rotatable bonds is 1. The van der Waals surface area contributed by atoms with Gasteiger partial charge >= 0.3 is 0 Å². The molecule has 1 aliphatic carbocycles. The van der Waals surface area contributed by atoms with Crippen molar-refractivity contribution in [2.75, 3.05) is 0 Å². The standard InChI is InChI=1S/C19H16NS.Ir/c1-12-11-20-18(21-12)15-9-6-8-14-13-7-4-5-10-16(13)19(2,3)17(14)15;/h4-8,10-11H,1-3H3;/q-1;. The minimum atomic E-state index is -0.00139. The molecule has 0 aliphatic heterocycles. The third-order valence-electron chi connectivity index (χ3n) is 4.35. The van der Waals surface area contributed by atoms with E-state index in [0.717, 1.165) is 10.6 Å². The van der Waals surface area contributed by atoms with Crippen LogP contribution < -0.4 is 0 Å². The summed E-state index contributed by atoms with van der Waals surface area (Å²) in [5.74, 6) is 0. The molecule has 0 bridgehead atoms. The quantitative estimate of drug-likeness (QED) is 0.433. The van der Waals surface area contributed by atoms with Gasteiger partial charge in [-0.1, -0.05) is 43.7 Å². The number of nitrogens with zero attached hydrogens (tertiary/aromatic N) is 1. The first-order valence-corrected chi connectivity index (χ1v) is 7.98. The summed E-state index contributed by atoms with van der Waals surface area (Å²) in [6.07, 6.45) is 1.95. The van der Waals surface area contributed by atoms with Crippen molar-refractivity contribution in [1.82, 2.24) is 4.98 Å². The van der Waals surface area contributed by atoms with Gasteiger partial charge in [-0.15, -0.1) is 29.3 Å². The molecular weight excluding hydrogens is 466 g/mol. The fourth-order valence-corrected chi connectivity index (χ4v) is 4.19. The van der Waals surface area contributed by atoms with Crippen LogP contribution in [0.5, 0.6) is 0 Å². The van der Waals surface area contributed by atoms with Crippen LogP contribution in [0.1, 0.15) is 29.9 Å². The zero-order valence-corrected chi connectivity index (χ0v) is 15.9. The molecule has 0 spiro atoms. The van der Waals surface area contributed by atoms with E-state index in [1.165, 1.54) is 27.1 Å². The maximum atomic E-state index is 4.58. The Kier molecular flexibility index (Phi) is 3.84. The van der Waals surface area contributed by atoms with E-state index in [0.29, 0.717) is 0 Å². The van der Waals surface area contributed by atoms with Crippen molar-refractivity contribution in [2.24, 2.45) is 0 Å². The summed E-state index contributed by atoms with van der Waals surface area (Å²) in [4.78, 5) is 5.82. The molecule has 0 saturated heterocycles. The van der Waals surface area contributed by atoms with Gasteiger partial charge in [0.2, 0.25) is 0 Å². The van der Waals surface area contributed by atoms with Crippen molar-refractivity contribution in [2.45, 2.75) is 26.2 Å². The van der Waals surface area contributed by atoms with Gasteiger partial charge in [-0.25, -0.2) is 0 Å². The van der Waals surface area contributed by atoms with Gasteiger partial charge in [-0.3, -0.25) is 4.98 Å². The van der Waals surface area contributed by atoms with E-state index in [-0.39, 0.29) is 25.5 Å². The van der Waals surface area contributed by atoms with E-state index >= 15 is 0 Å². The van der Waals surface area contributed by atoms with E-state index in [2.05, 4.69) is 62.2 Å². The van der Waals surface area contributed by atoms with Crippen LogP contribution in [0.15, 0.2) is 42.6 Å². The predicted octanol–water partition coefficient (Wildman–Crippen LogP) is 5.22. The molecular formula is C19H16IrNS-. The Morgan fingerprint density at radius 1 is 1.09 bits per heavy atom. The summed E-state index contributed by atoms with van der Waals surface area (Å²) in [6.45, 7) is 6.70. The second-order valence-corrected chi connectivity index (χ2v) is 7.32. The molecule has 1 nitrogen and oxygen atoms in total. The van der Waals surface area contributed by atoms with Crippen LogP contribution in [0.2, 0.25) is 0 Å². The Labute approximate surface area is 148 Å². The molecule has 0 fully saturated rings. The van der Waals surface area contributed by atoms with E-state index in [9.17, 15) is 0 Å². The maximum Gasteiger partial charge on any atom is 0.0407 e. The van der Waals surface area contributed by atoms with Gasteiger partial charge in [0.15, 0.2) is 0 Å². The van der Waals surface area contributed by atoms with Gasteiger partial charge in [0, 0.05) is 36.2 Å². The average molecular weight is 483 g/mol. The second kappa shape index (κ2) is 5.42. The molecule has 22 heavy (non-hydrogen) atoms. The van der Waals surface area contributed by atoms with Gasteiger partial charge in [-0.2, -0.15) is 11.3 Å². The third-order valence-corrected chi connectivity index (χ3v) is 5.28. The van der Waals surface area contributed by atoms with Crippen molar-refractivity contribution in [1.29, 1.82) is 0 Å². The summed E-state index contributed by atoms with van der Waals surface area (Å²) in [6, 6.07) is 16.4. The zero-order chi connectivity index (χ0) is 14.6. The average Bonchev–Trinajstić information content (AvgIpc) is 3.01. The van der Waals surface area contributed by atoms with Gasteiger partial charge in [0.1, 0.15) is 0 Å². The van der Waals surface area contributed by atoms with E-state index in [4.69, 9.17) is 0 Å². The number of hydrogen-bond donors (Lipinski definition) is 0. The van der Waals surface area contributed by atoms with Gasteiger partial charge < -0.3 is 0 Å². The summed E-state index contributed by atoms with van der Waals surface area (Å²) < 4.78 is 0. The molecule has 3 heteroatoms. The van der Waals surface area contributed by atoms with Gasteiger partial charge in [0.25, 0.3) is 0 Å². The second-order valence-electron chi connectivity index (χ2n) is 6.09. The van der Waals surface area contributed by atoms with Crippen LogP contribution in [0.4, 0.5) is 0 Å². The SMILES string of the molecule is Cc1cnc(-c2[c-]ccc3c2C(C)(C)c2ccccc2-3)s1.[Ir]. The third kappa shape index (κ3) is 2.11. The van der Waals surface area contributed by atoms with Crippen molar-refractivity contribution < 1.29 is 20.1 Å². The summed E-state index contributed by atoms with van der Waals surface area (Å²) in [7, 11) is 0. The first kappa shape index (κ1) is 15.6. The Morgan fingerprint density at radius 3 is 2.59 bits per heavy atom. The Balaban J connectivity index is 0.00000144. The number of benzene rings is 2. The van der Waals surface area contributed by atoms with Crippen LogP contribution in [-0.4, -0.2) is 4.98 Å². The monoisotopic (exact) mass is 483 g/mol. The Bertz CT molecular complexity index is 848. The molecule has 2 aromatic carbocycles. The maximum absolute atomic E-state index is 4.58. The van der Waals surface area contributed by atoms with E-state index in [1.807, 2.05) is 12.3 Å². The van der Waals surface area contributed by atoms with Crippen LogP contribution >= 0.6 is 11.3 Å². The van der Waals surface area contributed by atoms with E-state index in [1.54, 1.807) is 11.3 Å². The van der Waals surface area contributed by atoms with E-state index < -0.39 is 0 Å². The molecule has 1 radical (unpaired) electrons. The van der Waals surface area contributed by atoms with Crippen molar-refractivity contribution >= 4 is 11.3 Å². The molecule has 0 atom stereocenters. The number of fused-ring (bicyclic) bond motifs is 3. The Hall–Kier alpha value is -1.28. The largest absolute Gasteiger partial charge is 0.293 e. The molecule has 0 N–H and O–H groups in total. The topological polar surface area (TPSA) is 12.9 Å². The van der Waals surface area contributed by atoms with Crippen LogP contribution in [0, 0.1) is 13.0 Å². The molecule has 3 aromatic rings. The summed E-state index contributed by atoms with van der Waals surface area (Å²) in [5, 5.41) is 1.07. The normalized spacial score (nSPS) is 14.1. The van der Waals surface area contributed by atoms with Crippen molar-refractivity contribution in [3.8, 4) is 21.7 Å². The number of aryl methyl sites for hydroxylation is 1. The first-order valence-electron chi connectivity index (χ1n) is 7.17. The Morgan fingerprint density at radius 2 is 1.86 bits per heavy atom. The molecule has 1 aromatic heterocycles. The molecule has 4 rings (SSSR count). The van der Waals surface area contributed by atoms with Gasteiger partial charge in [-0.05, 0) is 23.5 Å². The number of thiazole rings is 1. The first-order chi connectivity index (χ1) is 10.1. The zero-order valence-electron chi connectivity index (χ0n) is 12.7. The molecule has 0 amide bonds. The van der Waals surface area contributed by atoms with Crippen LogP contribution in [0.25, 0.3) is 21.7 Å². The van der Waals surface area contributed by atoms with Crippen molar-refractivity contribution in [3.63, 3.8) is 0 Å². The van der Waals surface area contributed by atoms with Gasteiger partial charge in [0.05, 0.1) is 0 Å².